The number of nitrogens with one attached hydrogen (secondary N) is 1. The highest BCUT2D eigenvalue weighted by molar-refractivity contribution is 5.67. The second kappa shape index (κ2) is 5.94. The van der Waals surface area contributed by atoms with Gasteiger partial charge in [0.25, 0.3) is 0 Å². The van der Waals surface area contributed by atoms with E-state index in [-0.39, 0.29) is 5.69 Å². The van der Waals surface area contributed by atoms with Gasteiger partial charge in [-0.25, -0.2) is 0 Å². The summed E-state index contributed by atoms with van der Waals surface area (Å²) in [5.41, 5.74) is 5.81. The molecule has 0 spiro atoms. The molecule has 1 saturated carbocycles. The number of nitrogens with two attached hydrogens (primary N) is 1. The molecule has 2 unspecified atom stereocenters. The van der Waals surface area contributed by atoms with Crippen molar-refractivity contribution >= 4 is 11.4 Å². The molecule has 1 aromatic carbocycles. The fourth-order valence-electron chi connectivity index (χ4n) is 2.72. The highest BCUT2D eigenvalue weighted by Crippen LogP contribution is 2.34. The summed E-state index contributed by atoms with van der Waals surface area (Å²) in [5, 5.41) is 3.30. The molecule has 0 bridgehead atoms. The summed E-state index contributed by atoms with van der Waals surface area (Å²) in [6, 6.07) is 3.82. The molecule has 0 radical (unpaired) electrons. The molecular formula is C15H21F3N2. The third kappa shape index (κ3) is 3.81. The lowest BCUT2D eigenvalue weighted by molar-refractivity contribution is -0.137. The van der Waals surface area contributed by atoms with Crippen LogP contribution in [0.15, 0.2) is 18.2 Å². The van der Waals surface area contributed by atoms with Gasteiger partial charge in [0.05, 0.1) is 16.9 Å². The SMILES string of the molecule is CC1CCCC(Nc2ccc(C(F)(F)F)cc2N)CC1. The molecule has 0 aliphatic heterocycles. The second-order valence-corrected chi connectivity index (χ2v) is 5.75. The Morgan fingerprint density at radius 1 is 1.15 bits per heavy atom. The maximum absolute atomic E-state index is 12.6. The summed E-state index contributed by atoms with van der Waals surface area (Å²) in [5.74, 6) is 0.728. The lowest BCUT2D eigenvalue weighted by atomic mass is 10.0. The van der Waals surface area contributed by atoms with E-state index in [2.05, 4.69) is 12.2 Å². The van der Waals surface area contributed by atoms with E-state index in [0.717, 1.165) is 43.7 Å². The first kappa shape index (κ1) is 15.0. The predicted molar refractivity (Wildman–Crippen MR) is 75.5 cm³/mol. The molecule has 2 atom stereocenters. The van der Waals surface area contributed by atoms with Crippen molar-refractivity contribution in [3.63, 3.8) is 0 Å². The van der Waals surface area contributed by atoms with Gasteiger partial charge in [-0.05, 0) is 43.4 Å². The Bertz CT molecular complexity index is 457. The minimum absolute atomic E-state index is 0.164. The molecule has 5 heteroatoms. The Labute approximate surface area is 117 Å². The number of benzene rings is 1. The maximum Gasteiger partial charge on any atom is 0.416 e. The molecule has 0 heterocycles. The third-order valence-corrected chi connectivity index (χ3v) is 4.00. The van der Waals surface area contributed by atoms with Crippen LogP contribution in [-0.2, 0) is 6.18 Å². The Balaban J connectivity index is 2.06. The topological polar surface area (TPSA) is 38.0 Å². The van der Waals surface area contributed by atoms with Gasteiger partial charge in [0.15, 0.2) is 0 Å². The summed E-state index contributed by atoms with van der Waals surface area (Å²) in [6.45, 7) is 2.24. The van der Waals surface area contributed by atoms with Gasteiger partial charge in [0.2, 0.25) is 0 Å². The lowest BCUT2D eigenvalue weighted by Crippen LogP contribution is -2.19. The molecule has 1 aromatic rings. The van der Waals surface area contributed by atoms with Gasteiger partial charge < -0.3 is 11.1 Å². The van der Waals surface area contributed by atoms with E-state index in [1.54, 1.807) is 0 Å². The maximum atomic E-state index is 12.6. The summed E-state index contributed by atoms with van der Waals surface area (Å²) >= 11 is 0. The standard InChI is InChI=1S/C15H21F3N2/c1-10-3-2-4-12(7-5-10)20-14-8-6-11(9-13(14)19)15(16,17)18/h6,8-10,12,20H,2-5,7,19H2,1H3. The monoisotopic (exact) mass is 286 g/mol. The zero-order valence-corrected chi connectivity index (χ0v) is 11.6. The summed E-state index contributed by atoms with van der Waals surface area (Å²) in [4.78, 5) is 0. The molecule has 3 N–H and O–H groups in total. The summed E-state index contributed by atoms with van der Waals surface area (Å²) in [7, 11) is 0. The first-order chi connectivity index (χ1) is 9.36. The van der Waals surface area contributed by atoms with Crippen LogP contribution < -0.4 is 11.1 Å². The number of alkyl halides is 3. The van der Waals surface area contributed by atoms with E-state index in [1.165, 1.54) is 12.5 Å². The van der Waals surface area contributed by atoms with Gasteiger partial charge in [0.1, 0.15) is 0 Å². The first-order valence-corrected chi connectivity index (χ1v) is 7.09. The molecule has 0 aromatic heterocycles. The molecule has 1 aliphatic rings. The summed E-state index contributed by atoms with van der Waals surface area (Å²) in [6.07, 6.45) is 1.27. The molecule has 0 amide bonds. The third-order valence-electron chi connectivity index (χ3n) is 4.00. The molecule has 2 nitrogen and oxygen atoms in total. The van der Waals surface area contributed by atoms with Crippen LogP contribution in [0.2, 0.25) is 0 Å². The van der Waals surface area contributed by atoms with Crippen molar-refractivity contribution < 1.29 is 13.2 Å². The van der Waals surface area contributed by atoms with Crippen molar-refractivity contribution in [1.82, 2.24) is 0 Å². The van der Waals surface area contributed by atoms with Crippen LogP contribution in [0, 0.1) is 5.92 Å². The van der Waals surface area contributed by atoms with Crippen LogP contribution in [0.1, 0.15) is 44.6 Å². The molecule has 2 rings (SSSR count). The smallest absolute Gasteiger partial charge is 0.397 e. The van der Waals surface area contributed by atoms with Crippen LogP contribution in [-0.4, -0.2) is 6.04 Å². The highest BCUT2D eigenvalue weighted by atomic mass is 19.4. The van der Waals surface area contributed by atoms with Gasteiger partial charge >= 0.3 is 6.18 Å². The van der Waals surface area contributed by atoms with E-state index in [1.807, 2.05) is 0 Å². The van der Waals surface area contributed by atoms with Crippen molar-refractivity contribution in [2.45, 2.75) is 51.2 Å². The van der Waals surface area contributed by atoms with Crippen LogP contribution in [0.5, 0.6) is 0 Å². The van der Waals surface area contributed by atoms with Gasteiger partial charge in [-0.3, -0.25) is 0 Å². The number of halogens is 3. The zero-order valence-electron chi connectivity index (χ0n) is 11.6. The van der Waals surface area contributed by atoms with Gasteiger partial charge in [0, 0.05) is 6.04 Å². The number of nitrogen functional groups attached to an aromatic ring is 1. The van der Waals surface area contributed by atoms with Crippen LogP contribution in [0.25, 0.3) is 0 Å². The van der Waals surface area contributed by atoms with Crippen LogP contribution >= 0.6 is 0 Å². The van der Waals surface area contributed by atoms with Crippen molar-refractivity contribution in [1.29, 1.82) is 0 Å². The molecular weight excluding hydrogens is 265 g/mol. The van der Waals surface area contributed by atoms with Gasteiger partial charge in [-0.15, -0.1) is 0 Å². The largest absolute Gasteiger partial charge is 0.416 e. The predicted octanol–water partition coefficient (Wildman–Crippen LogP) is 4.67. The minimum atomic E-state index is -4.34. The minimum Gasteiger partial charge on any atom is -0.397 e. The second-order valence-electron chi connectivity index (χ2n) is 5.75. The Hall–Kier alpha value is -1.39. The number of hydrogen-bond donors (Lipinski definition) is 2. The molecule has 0 saturated heterocycles. The van der Waals surface area contributed by atoms with Crippen molar-refractivity contribution in [2.24, 2.45) is 5.92 Å². The van der Waals surface area contributed by atoms with Gasteiger partial charge in [-0.1, -0.05) is 19.8 Å². The normalized spacial score (nSPS) is 24.2. The molecule has 1 fully saturated rings. The van der Waals surface area contributed by atoms with Gasteiger partial charge in [-0.2, -0.15) is 13.2 Å². The Morgan fingerprint density at radius 3 is 2.55 bits per heavy atom. The average Bonchev–Trinajstić information content (AvgIpc) is 2.56. The average molecular weight is 286 g/mol. The Kier molecular flexibility index (Phi) is 4.45. The number of hydrogen-bond acceptors (Lipinski definition) is 2. The van der Waals surface area contributed by atoms with E-state index in [4.69, 9.17) is 5.73 Å². The quantitative estimate of drug-likeness (QED) is 0.612. The van der Waals surface area contributed by atoms with E-state index < -0.39 is 11.7 Å². The number of anilines is 2. The fourth-order valence-corrected chi connectivity index (χ4v) is 2.72. The fraction of sp³-hybridized carbons (Fsp3) is 0.600. The van der Waals surface area contributed by atoms with Crippen molar-refractivity contribution in [3.8, 4) is 0 Å². The lowest BCUT2D eigenvalue weighted by Gasteiger charge is -2.20. The molecule has 1 aliphatic carbocycles. The summed E-state index contributed by atoms with van der Waals surface area (Å²) < 4.78 is 37.7. The zero-order chi connectivity index (χ0) is 14.8. The highest BCUT2D eigenvalue weighted by Gasteiger charge is 2.31. The van der Waals surface area contributed by atoms with E-state index in [9.17, 15) is 13.2 Å². The number of rotatable bonds is 2. The van der Waals surface area contributed by atoms with E-state index >= 15 is 0 Å². The van der Waals surface area contributed by atoms with Crippen LogP contribution in [0.4, 0.5) is 24.5 Å². The van der Waals surface area contributed by atoms with Crippen molar-refractivity contribution in [2.75, 3.05) is 11.1 Å². The van der Waals surface area contributed by atoms with Crippen LogP contribution in [0.3, 0.4) is 0 Å². The molecule has 112 valence electrons. The van der Waals surface area contributed by atoms with Crippen molar-refractivity contribution in [3.05, 3.63) is 23.8 Å². The Morgan fingerprint density at radius 2 is 1.90 bits per heavy atom. The molecule has 20 heavy (non-hydrogen) atoms. The van der Waals surface area contributed by atoms with E-state index in [0.29, 0.717) is 11.7 Å². The first-order valence-electron chi connectivity index (χ1n) is 7.09.